The highest BCUT2D eigenvalue weighted by molar-refractivity contribution is 6.19. The van der Waals surface area contributed by atoms with Gasteiger partial charge in [0, 0.05) is 43.8 Å². The third kappa shape index (κ3) is 6.29. The average molecular weight is 601 g/mol. The van der Waals surface area contributed by atoms with Gasteiger partial charge in [-0.2, -0.15) is 0 Å². The van der Waals surface area contributed by atoms with E-state index in [1.54, 1.807) is 31.5 Å². The van der Waals surface area contributed by atoms with Crippen molar-refractivity contribution in [2.24, 2.45) is 0 Å². The lowest BCUT2D eigenvalue weighted by Crippen LogP contribution is -2.37. The quantitative estimate of drug-likeness (QED) is 0.170. The molecule has 0 atom stereocenters. The van der Waals surface area contributed by atoms with Crippen LogP contribution in [0.2, 0.25) is 0 Å². The van der Waals surface area contributed by atoms with Gasteiger partial charge in [-0.15, -0.1) is 0 Å². The van der Waals surface area contributed by atoms with E-state index in [1.807, 2.05) is 30.3 Å². The van der Waals surface area contributed by atoms with Crippen molar-refractivity contribution in [3.05, 3.63) is 84.3 Å². The van der Waals surface area contributed by atoms with Gasteiger partial charge in [0.15, 0.2) is 23.1 Å². The van der Waals surface area contributed by atoms with Gasteiger partial charge < -0.3 is 23.8 Å². The van der Waals surface area contributed by atoms with E-state index in [1.165, 1.54) is 17.0 Å². The van der Waals surface area contributed by atoms with E-state index in [-0.39, 0.29) is 24.5 Å². The first kappa shape index (κ1) is 29.3. The maximum Gasteiger partial charge on any atom is 0.332 e. The number of morpholine rings is 1. The Morgan fingerprint density at radius 1 is 0.955 bits per heavy atom. The number of amides is 3. The molecule has 2 aliphatic rings. The molecule has 1 aromatic heterocycles. The fourth-order valence-corrected chi connectivity index (χ4v) is 5.41. The van der Waals surface area contributed by atoms with Gasteiger partial charge in [0.1, 0.15) is 17.8 Å². The van der Waals surface area contributed by atoms with Crippen molar-refractivity contribution in [3.8, 4) is 23.0 Å². The van der Waals surface area contributed by atoms with Crippen molar-refractivity contribution >= 4 is 28.5 Å². The minimum atomic E-state index is -0.721. The van der Waals surface area contributed by atoms with Crippen LogP contribution < -0.4 is 19.1 Å². The summed E-state index contributed by atoms with van der Waals surface area (Å²) >= 11 is 0. The van der Waals surface area contributed by atoms with E-state index in [0.29, 0.717) is 34.8 Å². The number of pyridine rings is 1. The molecule has 3 heterocycles. The summed E-state index contributed by atoms with van der Waals surface area (Å²) in [6.07, 6.45) is 2.41. The molecule has 2 aliphatic heterocycles. The van der Waals surface area contributed by atoms with Gasteiger partial charge in [-0.3, -0.25) is 14.7 Å². The Kier molecular flexibility index (Phi) is 8.85. The summed E-state index contributed by atoms with van der Waals surface area (Å²) in [4.78, 5) is 35.0. The van der Waals surface area contributed by atoms with Gasteiger partial charge in [0.2, 0.25) is 0 Å². The topological polar surface area (TPSA) is 93.7 Å². The van der Waals surface area contributed by atoms with Crippen LogP contribution in [0, 0.1) is 5.82 Å². The second-order valence-corrected chi connectivity index (χ2v) is 10.5. The van der Waals surface area contributed by atoms with E-state index < -0.39 is 17.8 Å². The monoisotopic (exact) mass is 600 g/mol. The zero-order valence-electron chi connectivity index (χ0n) is 24.4. The van der Waals surface area contributed by atoms with Crippen molar-refractivity contribution in [2.45, 2.75) is 13.0 Å². The zero-order valence-corrected chi connectivity index (χ0v) is 24.4. The molecule has 3 aromatic carbocycles. The minimum Gasteiger partial charge on any atom is -0.491 e. The number of carbonyl (C=O) groups excluding carboxylic acids is 2. The largest absolute Gasteiger partial charge is 0.491 e. The maximum absolute atomic E-state index is 15.3. The van der Waals surface area contributed by atoms with Gasteiger partial charge in [-0.1, -0.05) is 30.3 Å². The molecule has 0 saturated carbocycles. The number of imide groups is 1. The number of rotatable bonds is 11. The van der Waals surface area contributed by atoms with E-state index in [9.17, 15) is 9.59 Å². The van der Waals surface area contributed by atoms with Crippen molar-refractivity contribution in [1.29, 1.82) is 0 Å². The van der Waals surface area contributed by atoms with Crippen LogP contribution in [0.4, 0.5) is 14.9 Å². The molecule has 2 fully saturated rings. The Morgan fingerprint density at radius 2 is 1.75 bits per heavy atom. The average Bonchev–Trinajstić information content (AvgIpc) is 3.32. The minimum absolute atomic E-state index is 0.0658. The smallest absolute Gasteiger partial charge is 0.332 e. The number of hydrogen-bond acceptors (Lipinski definition) is 8. The lowest BCUT2D eigenvalue weighted by Gasteiger charge is -2.26. The molecule has 0 unspecified atom stereocenters. The highest BCUT2D eigenvalue weighted by Crippen LogP contribution is 2.40. The van der Waals surface area contributed by atoms with E-state index in [2.05, 4.69) is 9.88 Å². The molecule has 228 valence electrons. The molecule has 11 heteroatoms. The number of fused-ring (bicyclic) bond motifs is 1. The Bertz CT molecular complexity index is 1650. The Labute approximate surface area is 254 Å². The number of nitrogens with zero attached hydrogens (tertiary/aromatic N) is 4. The highest BCUT2D eigenvalue weighted by Gasteiger charge is 2.37. The van der Waals surface area contributed by atoms with Gasteiger partial charge in [-0.05, 0) is 42.3 Å². The van der Waals surface area contributed by atoms with Gasteiger partial charge >= 0.3 is 6.03 Å². The van der Waals surface area contributed by atoms with E-state index >= 15 is 4.39 Å². The second-order valence-electron chi connectivity index (χ2n) is 10.5. The van der Waals surface area contributed by atoms with Crippen LogP contribution in [0.1, 0.15) is 12.0 Å². The van der Waals surface area contributed by atoms with Crippen LogP contribution in [-0.2, 0) is 16.1 Å². The number of anilines is 1. The second kappa shape index (κ2) is 13.3. The first-order chi connectivity index (χ1) is 21.5. The standard InChI is InChI=1S/C33H33FN4O6/c1-41-32-29(43-17-5-14-36-15-18-42-19-16-36)11-9-25-27(12-13-35-31(25)32)44-28-10-8-24(20-26(28)34)38-30(39)22-37(33(38)40)21-23-6-3-2-4-7-23/h2-4,6-13,20H,5,14-19,21-22H2,1H3. The van der Waals surface area contributed by atoms with Crippen LogP contribution in [0.25, 0.3) is 10.9 Å². The molecule has 0 aliphatic carbocycles. The van der Waals surface area contributed by atoms with Crippen molar-refractivity contribution in [1.82, 2.24) is 14.8 Å². The molecule has 4 aromatic rings. The van der Waals surface area contributed by atoms with Gasteiger partial charge in [-0.25, -0.2) is 14.1 Å². The van der Waals surface area contributed by atoms with Gasteiger partial charge in [0.05, 0.1) is 32.6 Å². The number of benzene rings is 3. The molecule has 2 saturated heterocycles. The predicted octanol–water partition coefficient (Wildman–Crippen LogP) is 5.24. The van der Waals surface area contributed by atoms with Crippen LogP contribution >= 0.6 is 0 Å². The number of halogens is 1. The molecule has 3 amide bonds. The fourth-order valence-electron chi connectivity index (χ4n) is 5.41. The summed E-state index contributed by atoms with van der Waals surface area (Å²) in [5.74, 6) is 0.168. The molecule has 0 radical (unpaired) electrons. The summed E-state index contributed by atoms with van der Waals surface area (Å²) in [5, 5.41) is 0.606. The zero-order chi connectivity index (χ0) is 30.5. The van der Waals surface area contributed by atoms with Crippen LogP contribution in [-0.4, -0.2) is 79.8 Å². The molecule has 44 heavy (non-hydrogen) atoms. The van der Waals surface area contributed by atoms with Crippen molar-refractivity contribution in [3.63, 3.8) is 0 Å². The number of ether oxygens (including phenoxy) is 4. The summed E-state index contributed by atoms with van der Waals surface area (Å²) in [7, 11) is 1.55. The molecule has 10 nitrogen and oxygen atoms in total. The first-order valence-electron chi connectivity index (χ1n) is 14.5. The third-order valence-electron chi connectivity index (χ3n) is 7.62. The van der Waals surface area contributed by atoms with Crippen LogP contribution in [0.3, 0.4) is 0 Å². The predicted molar refractivity (Wildman–Crippen MR) is 162 cm³/mol. The lowest BCUT2D eigenvalue weighted by molar-refractivity contribution is -0.116. The maximum atomic E-state index is 15.3. The molecule has 6 rings (SSSR count). The summed E-state index contributed by atoms with van der Waals surface area (Å²) in [5.41, 5.74) is 1.55. The molecule has 0 bridgehead atoms. The highest BCUT2D eigenvalue weighted by atomic mass is 19.1. The molecule has 0 spiro atoms. The molecule has 0 N–H and O–H groups in total. The summed E-state index contributed by atoms with van der Waals surface area (Å²) in [6.45, 7) is 5.01. The van der Waals surface area contributed by atoms with E-state index in [4.69, 9.17) is 18.9 Å². The summed E-state index contributed by atoms with van der Waals surface area (Å²) in [6, 6.07) is 18.1. The van der Waals surface area contributed by atoms with Gasteiger partial charge in [0.25, 0.3) is 5.91 Å². The fraction of sp³-hybridized carbons (Fsp3) is 0.303. The Morgan fingerprint density at radius 3 is 2.52 bits per heavy atom. The number of aromatic nitrogens is 1. The molecular weight excluding hydrogens is 567 g/mol. The normalized spacial score (nSPS) is 15.7. The van der Waals surface area contributed by atoms with E-state index in [0.717, 1.165) is 55.8 Å². The summed E-state index contributed by atoms with van der Waals surface area (Å²) < 4.78 is 38.4. The van der Waals surface area contributed by atoms with Crippen LogP contribution in [0.15, 0.2) is 72.9 Å². The molecular formula is C33H33FN4O6. The van der Waals surface area contributed by atoms with Crippen molar-refractivity contribution < 1.29 is 32.9 Å². The number of hydrogen-bond donors (Lipinski definition) is 0. The van der Waals surface area contributed by atoms with Crippen LogP contribution in [0.5, 0.6) is 23.0 Å². The SMILES string of the molecule is COc1c(OCCCN2CCOCC2)ccc2c(Oc3ccc(N4C(=O)CN(Cc5ccccc5)C4=O)cc3F)ccnc12. The first-order valence-corrected chi connectivity index (χ1v) is 14.5. The number of methoxy groups -OCH3 is 1. The number of urea groups is 1. The lowest BCUT2D eigenvalue weighted by atomic mass is 10.1. The third-order valence-corrected chi connectivity index (χ3v) is 7.62. The Balaban J connectivity index is 1.15. The number of carbonyl (C=O) groups is 2. The Hall–Kier alpha value is -4.74. The van der Waals surface area contributed by atoms with Crippen molar-refractivity contribution in [2.75, 3.05) is 58.0 Å².